The Labute approximate surface area is 148 Å². The number of nitrogens with zero attached hydrogens (tertiary/aromatic N) is 1. The molecule has 1 heterocycles. The number of benzene rings is 2. The summed E-state index contributed by atoms with van der Waals surface area (Å²) in [6, 6.07) is 9.54. The van der Waals surface area contributed by atoms with Crippen molar-refractivity contribution in [3.05, 3.63) is 65.2 Å². The smallest absolute Gasteiger partial charge is 0.254 e. The molecule has 134 valence electrons. The summed E-state index contributed by atoms with van der Waals surface area (Å²) in [6.07, 6.45) is 0. The zero-order chi connectivity index (χ0) is 18.8. The highest BCUT2D eigenvalue weighted by atomic mass is 19.2. The molecule has 2 amide bonds. The van der Waals surface area contributed by atoms with Gasteiger partial charge in [0.2, 0.25) is 5.91 Å². The van der Waals surface area contributed by atoms with Gasteiger partial charge >= 0.3 is 0 Å². The van der Waals surface area contributed by atoms with Gasteiger partial charge in [0.25, 0.3) is 5.91 Å². The summed E-state index contributed by atoms with van der Waals surface area (Å²) in [4.78, 5) is 37.2. The lowest BCUT2D eigenvalue weighted by Gasteiger charge is -2.38. The third-order valence-corrected chi connectivity index (χ3v) is 4.24. The van der Waals surface area contributed by atoms with E-state index >= 15 is 0 Å². The number of nitrogens with one attached hydrogen (secondary N) is 1. The number of hydrogen-bond donors (Lipinski definition) is 1. The van der Waals surface area contributed by atoms with Crippen LogP contribution >= 0.6 is 0 Å². The standard InChI is InChI=1S/C19H16F2N2O3/c1-11(24)12-3-2-4-15(7-12)22-18(25)14-9-23(10-14)19(26)13-5-6-16(20)17(21)8-13/h2-8,14H,9-10H2,1H3,(H,22,25). The Hall–Kier alpha value is -3.09. The van der Waals surface area contributed by atoms with E-state index in [0.717, 1.165) is 12.1 Å². The molecule has 7 heteroatoms. The Bertz CT molecular complexity index is 892. The van der Waals surface area contributed by atoms with E-state index in [9.17, 15) is 23.2 Å². The molecule has 5 nitrogen and oxygen atoms in total. The molecule has 0 spiro atoms. The predicted octanol–water partition coefficient (Wildman–Crippen LogP) is 2.88. The van der Waals surface area contributed by atoms with Crippen LogP contribution in [-0.4, -0.2) is 35.6 Å². The molecule has 0 aliphatic carbocycles. The molecule has 1 aliphatic heterocycles. The van der Waals surface area contributed by atoms with Crippen molar-refractivity contribution in [2.24, 2.45) is 5.92 Å². The average Bonchev–Trinajstić information content (AvgIpc) is 2.56. The van der Waals surface area contributed by atoms with Gasteiger partial charge in [-0.15, -0.1) is 0 Å². The van der Waals surface area contributed by atoms with Crippen LogP contribution < -0.4 is 5.32 Å². The lowest BCUT2D eigenvalue weighted by molar-refractivity contribution is -0.123. The number of carbonyl (C=O) groups excluding carboxylic acids is 3. The second-order valence-electron chi connectivity index (χ2n) is 6.16. The second kappa shape index (κ2) is 7.03. The number of hydrogen-bond acceptors (Lipinski definition) is 3. The van der Waals surface area contributed by atoms with E-state index < -0.39 is 23.5 Å². The van der Waals surface area contributed by atoms with Crippen molar-refractivity contribution in [2.75, 3.05) is 18.4 Å². The van der Waals surface area contributed by atoms with E-state index in [1.807, 2.05) is 0 Å². The van der Waals surface area contributed by atoms with Gasteiger partial charge in [-0.2, -0.15) is 0 Å². The number of rotatable bonds is 4. The lowest BCUT2D eigenvalue weighted by atomic mass is 9.97. The molecule has 2 aromatic rings. The maximum atomic E-state index is 13.2. The van der Waals surface area contributed by atoms with Crippen molar-refractivity contribution >= 4 is 23.3 Å². The molecule has 3 rings (SSSR count). The molecular weight excluding hydrogens is 342 g/mol. The largest absolute Gasteiger partial charge is 0.337 e. The molecule has 26 heavy (non-hydrogen) atoms. The van der Waals surface area contributed by atoms with Gasteiger partial charge in [0.05, 0.1) is 5.92 Å². The van der Waals surface area contributed by atoms with E-state index in [1.165, 1.54) is 17.9 Å². The highest BCUT2D eigenvalue weighted by molar-refractivity contribution is 6.00. The van der Waals surface area contributed by atoms with Crippen molar-refractivity contribution in [1.82, 2.24) is 4.90 Å². The summed E-state index contributed by atoms with van der Waals surface area (Å²) in [7, 11) is 0. The fourth-order valence-electron chi connectivity index (χ4n) is 2.68. The van der Waals surface area contributed by atoms with Gasteiger partial charge in [0.1, 0.15) is 0 Å². The summed E-state index contributed by atoms with van der Waals surface area (Å²) in [6.45, 7) is 1.82. The van der Waals surface area contributed by atoms with Crippen LogP contribution in [-0.2, 0) is 4.79 Å². The first kappa shape index (κ1) is 17.7. The van der Waals surface area contributed by atoms with E-state index in [-0.39, 0.29) is 30.3 Å². The Morgan fingerprint density at radius 3 is 2.38 bits per heavy atom. The number of Topliss-reactive ketones (excluding diaryl/α,β-unsaturated/α-hetero) is 1. The second-order valence-corrected chi connectivity index (χ2v) is 6.16. The molecule has 0 radical (unpaired) electrons. The van der Waals surface area contributed by atoms with Gasteiger partial charge in [-0.05, 0) is 37.3 Å². The van der Waals surface area contributed by atoms with Crippen LogP contribution in [0.5, 0.6) is 0 Å². The Morgan fingerprint density at radius 1 is 1.00 bits per heavy atom. The quantitative estimate of drug-likeness (QED) is 0.855. The summed E-state index contributed by atoms with van der Waals surface area (Å²) in [5.74, 6) is -3.32. The van der Waals surface area contributed by atoms with E-state index in [0.29, 0.717) is 11.3 Å². The van der Waals surface area contributed by atoms with Gasteiger partial charge in [-0.25, -0.2) is 8.78 Å². The number of anilines is 1. The molecule has 0 aromatic heterocycles. The first-order valence-electron chi connectivity index (χ1n) is 8.01. The van der Waals surface area contributed by atoms with Gasteiger partial charge < -0.3 is 10.2 Å². The zero-order valence-electron chi connectivity index (χ0n) is 14.0. The number of likely N-dealkylation sites (tertiary alicyclic amines) is 1. The monoisotopic (exact) mass is 358 g/mol. The van der Waals surface area contributed by atoms with Gasteiger partial charge in [-0.1, -0.05) is 12.1 Å². The number of carbonyl (C=O) groups is 3. The van der Waals surface area contributed by atoms with E-state index in [2.05, 4.69) is 5.32 Å². The summed E-state index contributed by atoms with van der Waals surface area (Å²) in [5.41, 5.74) is 1.04. The van der Waals surface area contributed by atoms with Crippen molar-refractivity contribution in [2.45, 2.75) is 6.92 Å². The lowest BCUT2D eigenvalue weighted by Crippen LogP contribution is -2.54. The minimum atomic E-state index is -1.09. The molecular formula is C19H16F2N2O3. The summed E-state index contributed by atoms with van der Waals surface area (Å²) < 4.78 is 26.2. The molecule has 0 unspecified atom stereocenters. The first-order valence-corrected chi connectivity index (χ1v) is 8.01. The number of halogens is 2. The maximum absolute atomic E-state index is 13.2. The van der Waals surface area contributed by atoms with Crippen LogP contribution in [0.4, 0.5) is 14.5 Å². The van der Waals surface area contributed by atoms with Crippen molar-refractivity contribution in [1.29, 1.82) is 0 Å². The molecule has 1 fully saturated rings. The predicted molar refractivity (Wildman–Crippen MR) is 90.8 cm³/mol. The fourth-order valence-corrected chi connectivity index (χ4v) is 2.68. The van der Waals surface area contributed by atoms with Crippen molar-refractivity contribution < 1.29 is 23.2 Å². The first-order chi connectivity index (χ1) is 12.3. The maximum Gasteiger partial charge on any atom is 0.254 e. The minimum absolute atomic E-state index is 0.0388. The van der Waals surface area contributed by atoms with Crippen LogP contribution in [0.2, 0.25) is 0 Å². The summed E-state index contributed by atoms with van der Waals surface area (Å²) in [5, 5.41) is 2.72. The minimum Gasteiger partial charge on any atom is -0.337 e. The Kier molecular flexibility index (Phi) is 4.79. The van der Waals surface area contributed by atoms with Crippen molar-refractivity contribution in [3.8, 4) is 0 Å². The van der Waals surface area contributed by atoms with Crippen LogP contribution in [0.15, 0.2) is 42.5 Å². The van der Waals surface area contributed by atoms with Gasteiger partial charge in [-0.3, -0.25) is 14.4 Å². The van der Waals surface area contributed by atoms with Crippen LogP contribution in [0.1, 0.15) is 27.6 Å². The number of amides is 2. The number of ketones is 1. The van der Waals surface area contributed by atoms with Crippen LogP contribution in [0, 0.1) is 17.6 Å². The zero-order valence-corrected chi connectivity index (χ0v) is 14.0. The highest BCUT2D eigenvalue weighted by Gasteiger charge is 2.36. The van der Waals surface area contributed by atoms with Crippen LogP contribution in [0.25, 0.3) is 0 Å². The molecule has 1 aliphatic rings. The van der Waals surface area contributed by atoms with Gasteiger partial charge in [0, 0.05) is 29.9 Å². The molecule has 0 atom stereocenters. The third kappa shape index (κ3) is 3.61. The van der Waals surface area contributed by atoms with E-state index in [4.69, 9.17) is 0 Å². The Balaban J connectivity index is 1.58. The molecule has 0 bridgehead atoms. The fraction of sp³-hybridized carbons (Fsp3) is 0.211. The normalized spacial score (nSPS) is 13.9. The molecule has 1 N–H and O–H groups in total. The SMILES string of the molecule is CC(=O)c1cccc(NC(=O)C2CN(C(=O)c3ccc(F)c(F)c3)C2)c1. The van der Waals surface area contributed by atoms with Gasteiger partial charge in [0.15, 0.2) is 17.4 Å². The van der Waals surface area contributed by atoms with E-state index in [1.54, 1.807) is 24.3 Å². The highest BCUT2D eigenvalue weighted by Crippen LogP contribution is 2.22. The Morgan fingerprint density at radius 2 is 1.73 bits per heavy atom. The summed E-state index contributed by atoms with van der Waals surface area (Å²) >= 11 is 0. The topological polar surface area (TPSA) is 66.5 Å². The molecule has 2 aromatic carbocycles. The average molecular weight is 358 g/mol. The van der Waals surface area contributed by atoms with Crippen LogP contribution in [0.3, 0.4) is 0 Å². The molecule has 1 saturated heterocycles. The van der Waals surface area contributed by atoms with Crippen molar-refractivity contribution in [3.63, 3.8) is 0 Å². The molecule has 0 saturated carbocycles. The third-order valence-electron chi connectivity index (χ3n) is 4.24.